The molecule has 2 rings (SSSR count). The Morgan fingerprint density at radius 3 is 2.65 bits per heavy atom. The van der Waals surface area contributed by atoms with Crippen LogP contribution < -0.4 is 5.32 Å². The van der Waals surface area contributed by atoms with Gasteiger partial charge in [0.2, 0.25) is 0 Å². The van der Waals surface area contributed by atoms with Gasteiger partial charge in [-0.1, -0.05) is 25.0 Å². The molecule has 1 fully saturated rings. The number of nitrogens with one attached hydrogen (secondary N) is 1. The van der Waals surface area contributed by atoms with Gasteiger partial charge in [-0.25, -0.2) is 8.42 Å². The van der Waals surface area contributed by atoms with E-state index in [-0.39, 0.29) is 11.7 Å². The lowest BCUT2D eigenvalue weighted by atomic mass is 10.1. The number of hydrogen-bond donors (Lipinski definition) is 1. The largest absolute Gasteiger partial charge is 0.352 e. The molecule has 0 aromatic heterocycles. The average Bonchev–Trinajstić information content (AvgIpc) is 2.87. The van der Waals surface area contributed by atoms with Crippen LogP contribution >= 0.6 is 0 Å². The number of hydrogen-bond acceptors (Lipinski definition) is 3. The van der Waals surface area contributed by atoms with E-state index in [1.54, 1.807) is 24.3 Å². The number of amides is 1. The van der Waals surface area contributed by atoms with E-state index in [4.69, 9.17) is 0 Å². The van der Waals surface area contributed by atoms with Crippen molar-refractivity contribution in [1.82, 2.24) is 5.32 Å². The molecular weight excluding hydrogens is 274 g/mol. The molecule has 0 bridgehead atoms. The molecule has 0 heterocycles. The SMILES string of the molecule is CS(=O)(=O)Cc1cccc(C(=O)NCC2CCCC2)c1. The van der Waals surface area contributed by atoms with Crippen LogP contribution in [-0.4, -0.2) is 27.1 Å². The molecule has 5 heteroatoms. The fourth-order valence-corrected chi connectivity index (χ4v) is 3.44. The zero-order valence-corrected chi connectivity index (χ0v) is 12.6. The zero-order valence-electron chi connectivity index (χ0n) is 11.8. The fourth-order valence-electron chi connectivity index (χ4n) is 2.66. The molecule has 1 N–H and O–H groups in total. The molecule has 0 aliphatic heterocycles. The summed E-state index contributed by atoms with van der Waals surface area (Å²) in [4.78, 5) is 12.1. The normalized spacial score (nSPS) is 16.2. The minimum absolute atomic E-state index is 0.0310. The number of carbonyl (C=O) groups excluding carboxylic acids is 1. The second kappa shape index (κ2) is 6.39. The van der Waals surface area contributed by atoms with Crippen molar-refractivity contribution in [2.24, 2.45) is 5.92 Å². The standard InChI is InChI=1S/C15H21NO3S/c1-20(18,19)11-13-7-4-8-14(9-13)15(17)16-10-12-5-2-3-6-12/h4,7-9,12H,2-3,5-6,10-11H2,1H3,(H,16,17). The summed E-state index contributed by atoms with van der Waals surface area (Å²) in [6.07, 6.45) is 6.08. The molecule has 0 unspecified atom stereocenters. The van der Waals surface area contributed by atoms with Crippen LogP contribution in [0.2, 0.25) is 0 Å². The molecule has 0 spiro atoms. The maximum absolute atomic E-state index is 12.1. The van der Waals surface area contributed by atoms with E-state index >= 15 is 0 Å². The second-order valence-corrected chi connectivity index (χ2v) is 7.77. The minimum atomic E-state index is -3.08. The van der Waals surface area contributed by atoms with E-state index in [0.717, 1.165) is 6.54 Å². The first-order chi connectivity index (χ1) is 9.44. The molecular formula is C15H21NO3S. The van der Waals surface area contributed by atoms with Gasteiger partial charge in [0.1, 0.15) is 0 Å². The highest BCUT2D eigenvalue weighted by Crippen LogP contribution is 2.23. The van der Waals surface area contributed by atoms with Gasteiger partial charge in [-0.3, -0.25) is 4.79 Å². The Morgan fingerprint density at radius 2 is 2.00 bits per heavy atom. The number of benzene rings is 1. The van der Waals surface area contributed by atoms with Crippen LogP contribution in [0, 0.1) is 5.92 Å². The van der Waals surface area contributed by atoms with Crippen molar-refractivity contribution < 1.29 is 13.2 Å². The topological polar surface area (TPSA) is 63.2 Å². The Balaban J connectivity index is 1.96. The summed E-state index contributed by atoms with van der Waals surface area (Å²) in [6.45, 7) is 0.717. The summed E-state index contributed by atoms with van der Waals surface area (Å²) in [5.74, 6) is 0.446. The second-order valence-electron chi connectivity index (χ2n) is 5.63. The molecule has 1 amide bonds. The number of rotatable bonds is 5. The van der Waals surface area contributed by atoms with Crippen molar-refractivity contribution in [2.75, 3.05) is 12.8 Å². The molecule has 110 valence electrons. The van der Waals surface area contributed by atoms with Crippen LogP contribution in [0.15, 0.2) is 24.3 Å². The lowest BCUT2D eigenvalue weighted by Crippen LogP contribution is -2.28. The van der Waals surface area contributed by atoms with E-state index in [1.807, 2.05) is 0 Å². The van der Waals surface area contributed by atoms with Gasteiger partial charge in [-0.15, -0.1) is 0 Å². The maximum Gasteiger partial charge on any atom is 0.251 e. The van der Waals surface area contributed by atoms with Crippen LogP contribution in [-0.2, 0) is 15.6 Å². The summed E-state index contributed by atoms with van der Waals surface area (Å²) in [6, 6.07) is 6.83. The van der Waals surface area contributed by atoms with Crippen molar-refractivity contribution in [3.05, 3.63) is 35.4 Å². The van der Waals surface area contributed by atoms with Gasteiger partial charge in [0.05, 0.1) is 5.75 Å². The van der Waals surface area contributed by atoms with Crippen molar-refractivity contribution in [3.8, 4) is 0 Å². The van der Waals surface area contributed by atoms with Gasteiger partial charge in [0.25, 0.3) is 5.91 Å². The first kappa shape index (κ1) is 15.0. The van der Waals surface area contributed by atoms with Crippen LogP contribution in [0.1, 0.15) is 41.6 Å². The summed E-state index contributed by atoms with van der Waals surface area (Å²) < 4.78 is 22.6. The van der Waals surface area contributed by atoms with Crippen LogP contribution in [0.3, 0.4) is 0 Å². The highest BCUT2D eigenvalue weighted by molar-refractivity contribution is 7.89. The molecule has 1 aliphatic rings. The predicted molar refractivity (Wildman–Crippen MR) is 79.3 cm³/mol. The molecule has 1 saturated carbocycles. The van der Waals surface area contributed by atoms with E-state index in [0.29, 0.717) is 17.0 Å². The Kier molecular flexibility index (Phi) is 4.81. The van der Waals surface area contributed by atoms with E-state index in [1.165, 1.54) is 31.9 Å². The Hall–Kier alpha value is -1.36. The predicted octanol–water partition coefficient (Wildman–Crippen LogP) is 2.15. The van der Waals surface area contributed by atoms with E-state index < -0.39 is 9.84 Å². The highest BCUT2D eigenvalue weighted by atomic mass is 32.2. The first-order valence-electron chi connectivity index (χ1n) is 6.99. The van der Waals surface area contributed by atoms with Gasteiger partial charge < -0.3 is 5.32 Å². The molecule has 0 radical (unpaired) electrons. The third-order valence-corrected chi connectivity index (χ3v) is 4.50. The quantitative estimate of drug-likeness (QED) is 0.905. The molecule has 4 nitrogen and oxygen atoms in total. The maximum atomic E-state index is 12.1. The zero-order chi connectivity index (χ0) is 14.6. The lowest BCUT2D eigenvalue weighted by Gasteiger charge is -2.11. The van der Waals surface area contributed by atoms with Gasteiger partial charge in [-0.05, 0) is 36.5 Å². The van der Waals surface area contributed by atoms with Crippen LogP contribution in [0.5, 0.6) is 0 Å². The van der Waals surface area contributed by atoms with Crippen molar-refractivity contribution in [2.45, 2.75) is 31.4 Å². The molecule has 1 aromatic rings. The Bertz CT molecular complexity index is 575. The highest BCUT2D eigenvalue weighted by Gasteiger charge is 2.16. The Labute approximate surface area is 120 Å². The van der Waals surface area contributed by atoms with Gasteiger partial charge >= 0.3 is 0 Å². The molecule has 0 atom stereocenters. The summed E-state index contributed by atoms with van der Waals surface area (Å²) in [5, 5.41) is 2.94. The summed E-state index contributed by atoms with van der Waals surface area (Å²) in [7, 11) is -3.08. The Morgan fingerprint density at radius 1 is 1.30 bits per heavy atom. The smallest absolute Gasteiger partial charge is 0.251 e. The molecule has 20 heavy (non-hydrogen) atoms. The molecule has 0 saturated heterocycles. The third-order valence-electron chi connectivity index (χ3n) is 3.64. The summed E-state index contributed by atoms with van der Waals surface area (Å²) in [5.41, 5.74) is 1.19. The van der Waals surface area contributed by atoms with Gasteiger partial charge in [0, 0.05) is 18.4 Å². The molecule has 1 aromatic carbocycles. The van der Waals surface area contributed by atoms with Crippen molar-refractivity contribution in [3.63, 3.8) is 0 Å². The first-order valence-corrected chi connectivity index (χ1v) is 9.05. The van der Waals surface area contributed by atoms with E-state index in [9.17, 15) is 13.2 Å². The van der Waals surface area contributed by atoms with Crippen molar-refractivity contribution in [1.29, 1.82) is 0 Å². The monoisotopic (exact) mass is 295 g/mol. The fraction of sp³-hybridized carbons (Fsp3) is 0.533. The van der Waals surface area contributed by atoms with Gasteiger partial charge in [-0.2, -0.15) is 0 Å². The number of carbonyl (C=O) groups is 1. The van der Waals surface area contributed by atoms with E-state index in [2.05, 4.69) is 5.32 Å². The van der Waals surface area contributed by atoms with Crippen molar-refractivity contribution >= 4 is 15.7 Å². The molecule has 1 aliphatic carbocycles. The number of sulfone groups is 1. The average molecular weight is 295 g/mol. The summed E-state index contributed by atoms with van der Waals surface area (Å²) >= 11 is 0. The lowest BCUT2D eigenvalue weighted by molar-refractivity contribution is 0.0947. The third kappa shape index (κ3) is 4.63. The van der Waals surface area contributed by atoms with Crippen LogP contribution in [0.25, 0.3) is 0 Å². The van der Waals surface area contributed by atoms with Gasteiger partial charge in [0.15, 0.2) is 9.84 Å². The van der Waals surface area contributed by atoms with Crippen LogP contribution in [0.4, 0.5) is 0 Å². The minimum Gasteiger partial charge on any atom is -0.352 e.